The van der Waals surface area contributed by atoms with Gasteiger partial charge in [0.25, 0.3) is 0 Å². The second-order valence-electron chi connectivity index (χ2n) is 3.53. The molecule has 0 bridgehead atoms. The van der Waals surface area contributed by atoms with Gasteiger partial charge in [-0.2, -0.15) is 0 Å². The smallest absolute Gasteiger partial charge is 0.0431 e. The van der Waals surface area contributed by atoms with Crippen molar-refractivity contribution in [2.24, 2.45) is 11.1 Å². The van der Waals surface area contributed by atoms with Gasteiger partial charge >= 0.3 is 0 Å². The highest BCUT2D eigenvalue weighted by Gasteiger charge is 2.15. The van der Waals surface area contributed by atoms with Crippen LogP contribution in [0.3, 0.4) is 0 Å². The van der Waals surface area contributed by atoms with Crippen molar-refractivity contribution in [2.45, 2.75) is 33.1 Å². The lowest BCUT2D eigenvalue weighted by atomic mass is 9.85. The zero-order valence-electron chi connectivity index (χ0n) is 7.06. The maximum Gasteiger partial charge on any atom is 0.0431 e. The summed E-state index contributed by atoms with van der Waals surface area (Å²) in [4.78, 5) is 0. The largest absolute Gasteiger partial charge is 0.396 e. The van der Waals surface area contributed by atoms with Crippen LogP contribution in [-0.2, 0) is 0 Å². The average molecular weight is 145 g/mol. The first-order valence-electron chi connectivity index (χ1n) is 3.93. The summed E-state index contributed by atoms with van der Waals surface area (Å²) in [5.41, 5.74) is 5.74. The Hall–Kier alpha value is -0.0800. The van der Waals surface area contributed by atoms with Crippen LogP contribution in [0.5, 0.6) is 0 Å². The highest BCUT2D eigenvalue weighted by Crippen LogP contribution is 2.25. The minimum atomic E-state index is 0.300. The summed E-state index contributed by atoms with van der Waals surface area (Å²) in [5, 5.41) is 8.57. The van der Waals surface area contributed by atoms with E-state index < -0.39 is 0 Å². The number of hydrogen-bond acceptors (Lipinski definition) is 2. The van der Waals surface area contributed by atoms with Crippen LogP contribution in [0.2, 0.25) is 0 Å². The van der Waals surface area contributed by atoms with E-state index >= 15 is 0 Å². The summed E-state index contributed by atoms with van der Waals surface area (Å²) >= 11 is 0. The van der Waals surface area contributed by atoms with E-state index in [1.807, 2.05) is 0 Å². The highest BCUT2D eigenvalue weighted by atomic mass is 16.2. The molecule has 0 rings (SSSR count). The molecule has 0 aliphatic heterocycles. The highest BCUT2D eigenvalue weighted by molar-refractivity contribution is 4.68. The molecule has 0 aromatic rings. The van der Waals surface area contributed by atoms with E-state index in [4.69, 9.17) is 10.8 Å². The van der Waals surface area contributed by atoms with Crippen molar-refractivity contribution in [1.29, 1.82) is 0 Å². The van der Waals surface area contributed by atoms with Gasteiger partial charge in [0.05, 0.1) is 0 Å². The molecule has 3 N–H and O–H groups in total. The van der Waals surface area contributed by atoms with E-state index in [0.29, 0.717) is 12.0 Å². The molecule has 0 aromatic carbocycles. The van der Waals surface area contributed by atoms with Crippen molar-refractivity contribution >= 4 is 0 Å². The van der Waals surface area contributed by atoms with Crippen LogP contribution in [0.15, 0.2) is 0 Å². The van der Waals surface area contributed by atoms with Crippen molar-refractivity contribution in [1.82, 2.24) is 0 Å². The molecule has 0 fully saturated rings. The fraction of sp³-hybridized carbons (Fsp3) is 1.00. The fourth-order valence-corrected chi connectivity index (χ4v) is 1.07. The Morgan fingerprint density at radius 2 is 1.90 bits per heavy atom. The number of rotatable bonds is 5. The van der Waals surface area contributed by atoms with Gasteiger partial charge in [-0.15, -0.1) is 0 Å². The molecule has 0 spiro atoms. The Bertz CT molecular complexity index is 81.3. The van der Waals surface area contributed by atoms with E-state index in [2.05, 4.69) is 13.8 Å². The Kier molecular flexibility index (Phi) is 4.65. The topological polar surface area (TPSA) is 46.2 Å². The van der Waals surface area contributed by atoms with Crippen LogP contribution in [0, 0.1) is 5.41 Å². The van der Waals surface area contributed by atoms with Gasteiger partial charge in [-0.25, -0.2) is 0 Å². The molecular weight excluding hydrogens is 126 g/mol. The minimum absolute atomic E-state index is 0.300. The molecule has 62 valence electrons. The maximum absolute atomic E-state index is 8.57. The number of nitrogens with two attached hydrogens (primary N) is 1. The van der Waals surface area contributed by atoms with Gasteiger partial charge in [0.1, 0.15) is 0 Å². The Balaban J connectivity index is 3.42. The predicted molar refractivity (Wildman–Crippen MR) is 43.8 cm³/mol. The lowest BCUT2D eigenvalue weighted by Gasteiger charge is -2.22. The van der Waals surface area contributed by atoms with E-state index in [1.165, 1.54) is 0 Å². The van der Waals surface area contributed by atoms with Crippen LogP contribution in [0.25, 0.3) is 0 Å². The molecular formula is C8H19NO. The Labute approximate surface area is 63.4 Å². The van der Waals surface area contributed by atoms with Gasteiger partial charge in [-0.05, 0) is 31.2 Å². The zero-order chi connectivity index (χ0) is 8.04. The van der Waals surface area contributed by atoms with E-state index in [-0.39, 0.29) is 0 Å². The van der Waals surface area contributed by atoms with Gasteiger partial charge in [-0.1, -0.05) is 13.8 Å². The third-order valence-electron chi connectivity index (χ3n) is 1.83. The van der Waals surface area contributed by atoms with E-state index in [9.17, 15) is 0 Å². The van der Waals surface area contributed by atoms with Crippen molar-refractivity contribution in [3.05, 3.63) is 0 Å². The lowest BCUT2D eigenvalue weighted by Crippen LogP contribution is -2.17. The molecule has 0 aromatic heterocycles. The molecule has 0 amide bonds. The average Bonchev–Trinajstić information content (AvgIpc) is 1.84. The molecule has 0 unspecified atom stereocenters. The zero-order valence-corrected chi connectivity index (χ0v) is 7.06. The number of aliphatic hydroxyl groups excluding tert-OH is 1. The molecule has 0 radical (unpaired) electrons. The summed E-state index contributed by atoms with van der Waals surface area (Å²) < 4.78 is 0. The van der Waals surface area contributed by atoms with Gasteiger partial charge in [-0.3, -0.25) is 0 Å². The Morgan fingerprint density at radius 1 is 1.30 bits per heavy atom. The van der Waals surface area contributed by atoms with Crippen LogP contribution < -0.4 is 5.73 Å². The lowest BCUT2D eigenvalue weighted by molar-refractivity contribution is 0.234. The Morgan fingerprint density at radius 3 is 2.30 bits per heavy atom. The molecule has 0 atom stereocenters. The van der Waals surface area contributed by atoms with Gasteiger partial charge in [0, 0.05) is 6.61 Å². The molecule has 0 aliphatic carbocycles. The normalized spacial score (nSPS) is 12.0. The molecule has 10 heavy (non-hydrogen) atoms. The monoisotopic (exact) mass is 145 g/mol. The fourth-order valence-electron chi connectivity index (χ4n) is 1.07. The molecule has 0 saturated carbocycles. The predicted octanol–water partition coefficient (Wildman–Crippen LogP) is 1.13. The SMILES string of the molecule is CC(C)(CCN)CCCO. The third-order valence-corrected chi connectivity index (χ3v) is 1.83. The van der Waals surface area contributed by atoms with Crippen molar-refractivity contribution in [3.63, 3.8) is 0 Å². The third kappa shape index (κ3) is 4.77. The van der Waals surface area contributed by atoms with Gasteiger partial charge < -0.3 is 10.8 Å². The standard InChI is InChI=1S/C8H19NO/c1-8(2,5-6-9)4-3-7-10/h10H,3-7,9H2,1-2H3. The molecule has 0 aliphatic rings. The van der Waals surface area contributed by atoms with Crippen molar-refractivity contribution < 1.29 is 5.11 Å². The van der Waals surface area contributed by atoms with Crippen LogP contribution in [0.1, 0.15) is 33.1 Å². The summed E-state index contributed by atoms with van der Waals surface area (Å²) in [6, 6.07) is 0. The maximum atomic E-state index is 8.57. The number of aliphatic hydroxyl groups is 1. The van der Waals surface area contributed by atoms with Gasteiger partial charge in [0.2, 0.25) is 0 Å². The van der Waals surface area contributed by atoms with Gasteiger partial charge in [0.15, 0.2) is 0 Å². The summed E-state index contributed by atoms with van der Waals surface area (Å²) in [6.45, 7) is 5.43. The van der Waals surface area contributed by atoms with E-state index in [1.54, 1.807) is 0 Å². The molecule has 2 heteroatoms. The van der Waals surface area contributed by atoms with Crippen LogP contribution in [0.4, 0.5) is 0 Å². The van der Waals surface area contributed by atoms with E-state index in [0.717, 1.165) is 25.8 Å². The second kappa shape index (κ2) is 4.69. The van der Waals surface area contributed by atoms with Crippen LogP contribution >= 0.6 is 0 Å². The minimum Gasteiger partial charge on any atom is -0.396 e. The summed E-state index contributed by atoms with van der Waals surface area (Å²) in [5.74, 6) is 0. The van der Waals surface area contributed by atoms with Crippen molar-refractivity contribution in [2.75, 3.05) is 13.2 Å². The second-order valence-corrected chi connectivity index (χ2v) is 3.53. The first-order chi connectivity index (χ1) is 4.62. The van der Waals surface area contributed by atoms with Crippen molar-refractivity contribution in [3.8, 4) is 0 Å². The summed E-state index contributed by atoms with van der Waals surface area (Å²) in [7, 11) is 0. The van der Waals surface area contributed by atoms with Crippen LogP contribution in [-0.4, -0.2) is 18.3 Å². The quantitative estimate of drug-likeness (QED) is 0.609. The first kappa shape index (κ1) is 9.92. The molecule has 0 saturated heterocycles. The number of hydrogen-bond donors (Lipinski definition) is 2. The summed E-state index contributed by atoms with van der Waals surface area (Å²) in [6.07, 6.45) is 3.01. The first-order valence-corrected chi connectivity index (χ1v) is 3.93. The molecule has 0 heterocycles. The molecule has 2 nitrogen and oxygen atoms in total.